The molecule has 1 fully saturated rings. The summed E-state index contributed by atoms with van der Waals surface area (Å²) in [7, 11) is 0. The fourth-order valence-electron chi connectivity index (χ4n) is 1.62. The number of ether oxygens (including phenoxy) is 1. The Kier molecular flexibility index (Phi) is 4.56. The van der Waals surface area contributed by atoms with Crippen LogP contribution in [0.2, 0.25) is 0 Å². The van der Waals surface area contributed by atoms with Crippen molar-refractivity contribution in [3.63, 3.8) is 0 Å². The maximum atomic E-state index is 11.5. The molecule has 1 saturated heterocycles. The second-order valence-corrected chi connectivity index (χ2v) is 4.94. The molecule has 0 bridgehead atoms. The molecule has 0 saturated carbocycles. The Balaban J connectivity index is 2.26. The van der Waals surface area contributed by atoms with Crippen molar-refractivity contribution in [2.45, 2.75) is 45.8 Å². The van der Waals surface area contributed by atoms with Gasteiger partial charge in [-0.25, -0.2) is 4.79 Å². The highest BCUT2D eigenvalue weighted by atomic mass is 16.7. The monoisotopic (exact) mass is 230 g/mol. The number of nitrogens with one attached hydrogen (secondary N) is 1. The predicted octanol–water partition coefficient (Wildman–Crippen LogP) is 1.54. The minimum atomic E-state index is -0.442. The number of hydroxylamine groups is 2. The molecule has 0 spiro atoms. The first kappa shape index (κ1) is 13.3. The lowest BCUT2D eigenvalue weighted by atomic mass is 10.2. The van der Waals surface area contributed by atoms with Crippen molar-refractivity contribution in [1.82, 2.24) is 10.4 Å². The third kappa shape index (κ3) is 4.81. The van der Waals surface area contributed by atoms with E-state index < -0.39 is 5.60 Å². The molecule has 5 heteroatoms. The van der Waals surface area contributed by atoms with E-state index in [4.69, 9.17) is 9.57 Å². The van der Waals surface area contributed by atoms with Crippen molar-refractivity contribution in [2.24, 2.45) is 0 Å². The van der Waals surface area contributed by atoms with Crippen LogP contribution in [0.15, 0.2) is 0 Å². The van der Waals surface area contributed by atoms with Crippen molar-refractivity contribution >= 4 is 6.09 Å². The minimum absolute atomic E-state index is 0.126. The Hall–Kier alpha value is -0.810. The van der Waals surface area contributed by atoms with Gasteiger partial charge in [0.2, 0.25) is 0 Å². The molecule has 1 atom stereocenters. The lowest BCUT2D eigenvalue weighted by Gasteiger charge is -2.21. The summed E-state index contributed by atoms with van der Waals surface area (Å²) in [5, 5.41) is 4.72. The standard InChI is InChI=1S/C11H22N2O3/c1-5-15-13-7-6-9(8-13)12-10(14)16-11(2,3)4/h9H,5-8H2,1-4H3,(H,12,14)/t9-/m0/s1. The first-order valence-electron chi connectivity index (χ1n) is 5.78. The molecule has 0 radical (unpaired) electrons. The molecule has 1 rings (SSSR count). The number of nitrogens with zero attached hydrogens (tertiary/aromatic N) is 1. The van der Waals surface area contributed by atoms with Gasteiger partial charge >= 0.3 is 6.09 Å². The minimum Gasteiger partial charge on any atom is -0.444 e. The molecule has 0 aromatic heterocycles. The van der Waals surface area contributed by atoms with Crippen LogP contribution < -0.4 is 5.32 Å². The smallest absolute Gasteiger partial charge is 0.407 e. The number of amides is 1. The summed E-state index contributed by atoms with van der Waals surface area (Å²) < 4.78 is 5.19. The van der Waals surface area contributed by atoms with Gasteiger partial charge in [0.25, 0.3) is 0 Å². The van der Waals surface area contributed by atoms with Crippen LogP contribution in [0.1, 0.15) is 34.1 Å². The van der Waals surface area contributed by atoms with Gasteiger partial charge < -0.3 is 10.1 Å². The summed E-state index contributed by atoms with van der Waals surface area (Å²) >= 11 is 0. The van der Waals surface area contributed by atoms with Gasteiger partial charge in [-0.05, 0) is 34.1 Å². The summed E-state index contributed by atoms with van der Waals surface area (Å²) in [5.74, 6) is 0. The van der Waals surface area contributed by atoms with E-state index in [1.54, 1.807) is 0 Å². The highest BCUT2D eigenvalue weighted by molar-refractivity contribution is 5.68. The zero-order valence-electron chi connectivity index (χ0n) is 10.6. The number of rotatable bonds is 3. The maximum absolute atomic E-state index is 11.5. The number of carbonyl (C=O) groups excluding carboxylic acids is 1. The Morgan fingerprint density at radius 3 is 2.75 bits per heavy atom. The van der Waals surface area contributed by atoms with E-state index in [0.717, 1.165) is 19.5 Å². The molecule has 1 aliphatic rings. The van der Waals surface area contributed by atoms with E-state index in [9.17, 15) is 4.79 Å². The van der Waals surface area contributed by atoms with Crippen LogP contribution in [0.5, 0.6) is 0 Å². The molecule has 1 aliphatic heterocycles. The second kappa shape index (κ2) is 5.50. The van der Waals surface area contributed by atoms with Crippen LogP contribution in [0, 0.1) is 0 Å². The first-order chi connectivity index (χ1) is 7.40. The Morgan fingerprint density at radius 2 is 2.19 bits per heavy atom. The van der Waals surface area contributed by atoms with E-state index in [1.807, 2.05) is 32.8 Å². The Morgan fingerprint density at radius 1 is 1.50 bits per heavy atom. The van der Waals surface area contributed by atoms with Gasteiger partial charge in [0.05, 0.1) is 6.61 Å². The molecule has 0 aromatic rings. The average Bonchev–Trinajstić information content (AvgIpc) is 2.49. The van der Waals surface area contributed by atoms with E-state index in [2.05, 4.69) is 5.32 Å². The maximum Gasteiger partial charge on any atom is 0.407 e. The van der Waals surface area contributed by atoms with Gasteiger partial charge in [-0.1, -0.05) is 0 Å². The van der Waals surface area contributed by atoms with Crippen molar-refractivity contribution in [2.75, 3.05) is 19.7 Å². The fraction of sp³-hybridized carbons (Fsp3) is 0.909. The summed E-state index contributed by atoms with van der Waals surface area (Å²) in [6.45, 7) is 9.77. The van der Waals surface area contributed by atoms with Crippen molar-refractivity contribution in [3.05, 3.63) is 0 Å². The van der Waals surface area contributed by atoms with Crippen LogP contribution in [-0.2, 0) is 9.57 Å². The largest absolute Gasteiger partial charge is 0.444 e. The van der Waals surface area contributed by atoms with Crippen molar-refractivity contribution < 1.29 is 14.4 Å². The third-order valence-electron chi connectivity index (χ3n) is 2.18. The van der Waals surface area contributed by atoms with Gasteiger partial charge in [-0.2, -0.15) is 5.06 Å². The molecule has 5 nitrogen and oxygen atoms in total. The topological polar surface area (TPSA) is 50.8 Å². The van der Waals surface area contributed by atoms with Gasteiger partial charge in [-0.15, -0.1) is 0 Å². The molecule has 1 N–H and O–H groups in total. The number of hydrogen-bond donors (Lipinski definition) is 1. The number of hydrogen-bond acceptors (Lipinski definition) is 4. The molecule has 0 aromatic carbocycles. The molecule has 16 heavy (non-hydrogen) atoms. The van der Waals surface area contributed by atoms with Gasteiger partial charge in [0.1, 0.15) is 5.60 Å². The summed E-state index contributed by atoms with van der Waals surface area (Å²) in [6, 6.07) is 0.126. The highest BCUT2D eigenvalue weighted by Crippen LogP contribution is 2.11. The molecular formula is C11H22N2O3. The molecule has 1 amide bonds. The van der Waals surface area contributed by atoms with E-state index in [0.29, 0.717) is 6.61 Å². The second-order valence-electron chi connectivity index (χ2n) is 4.94. The van der Waals surface area contributed by atoms with Crippen LogP contribution in [-0.4, -0.2) is 42.5 Å². The molecular weight excluding hydrogens is 208 g/mol. The Bertz CT molecular complexity index is 238. The molecule has 0 aliphatic carbocycles. The predicted molar refractivity (Wildman–Crippen MR) is 61.0 cm³/mol. The van der Waals surface area contributed by atoms with Gasteiger partial charge in [-0.3, -0.25) is 4.84 Å². The van der Waals surface area contributed by atoms with Crippen LogP contribution in [0.25, 0.3) is 0 Å². The fourth-order valence-corrected chi connectivity index (χ4v) is 1.62. The SMILES string of the molecule is CCON1CC[C@H](NC(=O)OC(C)(C)C)C1. The molecule has 94 valence electrons. The molecule has 1 heterocycles. The van der Waals surface area contributed by atoms with E-state index in [1.165, 1.54) is 0 Å². The third-order valence-corrected chi connectivity index (χ3v) is 2.18. The van der Waals surface area contributed by atoms with Crippen molar-refractivity contribution in [3.8, 4) is 0 Å². The van der Waals surface area contributed by atoms with Crippen molar-refractivity contribution in [1.29, 1.82) is 0 Å². The van der Waals surface area contributed by atoms with Crippen LogP contribution >= 0.6 is 0 Å². The zero-order valence-corrected chi connectivity index (χ0v) is 10.6. The van der Waals surface area contributed by atoms with Gasteiger partial charge in [0.15, 0.2) is 0 Å². The molecule has 0 unspecified atom stereocenters. The first-order valence-corrected chi connectivity index (χ1v) is 5.78. The lowest BCUT2D eigenvalue weighted by Crippen LogP contribution is -2.40. The summed E-state index contributed by atoms with van der Waals surface area (Å²) in [5.41, 5.74) is -0.442. The van der Waals surface area contributed by atoms with Gasteiger partial charge in [0, 0.05) is 19.1 Å². The van der Waals surface area contributed by atoms with Crippen LogP contribution in [0.3, 0.4) is 0 Å². The highest BCUT2D eigenvalue weighted by Gasteiger charge is 2.26. The number of carbonyl (C=O) groups is 1. The zero-order chi connectivity index (χ0) is 12.2. The Labute approximate surface area is 97.0 Å². The quantitative estimate of drug-likeness (QED) is 0.799. The lowest BCUT2D eigenvalue weighted by molar-refractivity contribution is -0.138. The van der Waals surface area contributed by atoms with Crippen LogP contribution in [0.4, 0.5) is 4.79 Å². The summed E-state index contributed by atoms with van der Waals surface area (Å²) in [6.07, 6.45) is 0.551. The average molecular weight is 230 g/mol. The van der Waals surface area contributed by atoms with E-state index in [-0.39, 0.29) is 12.1 Å². The van der Waals surface area contributed by atoms with E-state index >= 15 is 0 Å². The normalized spacial score (nSPS) is 22.1. The summed E-state index contributed by atoms with van der Waals surface area (Å²) in [4.78, 5) is 16.8. The number of alkyl carbamates (subject to hydrolysis) is 1.